The third kappa shape index (κ3) is 6.79. The molecule has 0 radical (unpaired) electrons. The van der Waals surface area contributed by atoms with Gasteiger partial charge in [0, 0.05) is 5.56 Å². The van der Waals surface area contributed by atoms with Crippen molar-refractivity contribution in [1.29, 1.82) is 0 Å². The summed E-state index contributed by atoms with van der Waals surface area (Å²) in [6.07, 6.45) is 1.56. The maximum Gasteiger partial charge on any atom is 0.251 e. The Morgan fingerprint density at radius 1 is 1.00 bits per heavy atom. The second-order valence-electron chi connectivity index (χ2n) is 7.04. The molecule has 2 N–H and O–H groups in total. The van der Waals surface area contributed by atoms with Gasteiger partial charge in [-0.1, -0.05) is 48.5 Å². The molecule has 0 aliphatic rings. The van der Waals surface area contributed by atoms with Gasteiger partial charge in [-0.15, -0.1) is 0 Å². The second kappa shape index (κ2) is 12.0. The van der Waals surface area contributed by atoms with E-state index in [4.69, 9.17) is 9.47 Å². The number of hydrazone groups is 1. The van der Waals surface area contributed by atoms with Gasteiger partial charge in [-0.2, -0.15) is 5.10 Å². The molecule has 0 fully saturated rings. The van der Waals surface area contributed by atoms with E-state index >= 15 is 0 Å². The Morgan fingerprint density at radius 3 is 2.30 bits per heavy atom. The van der Waals surface area contributed by atoms with E-state index in [0.717, 1.165) is 14.7 Å². The average Bonchev–Trinajstić information content (AvgIpc) is 2.84. The number of carbonyl (C=O) groups excluding carboxylic acids is 2. The largest absolute Gasteiger partial charge is 0.493 e. The topological polar surface area (TPSA) is 89.0 Å². The number of carbonyl (C=O) groups is 2. The van der Waals surface area contributed by atoms with Crippen molar-refractivity contribution in [2.45, 2.75) is 12.5 Å². The van der Waals surface area contributed by atoms with Crippen LogP contribution < -0.4 is 20.2 Å². The van der Waals surface area contributed by atoms with Crippen molar-refractivity contribution >= 4 is 40.6 Å². The van der Waals surface area contributed by atoms with Crippen LogP contribution in [-0.2, 0) is 4.79 Å². The fourth-order valence-corrected chi connectivity index (χ4v) is 4.04. The molecule has 0 bridgehead atoms. The normalized spacial score (nSPS) is 11.6. The molecule has 170 valence electrons. The molecule has 0 unspecified atom stereocenters. The van der Waals surface area contributed by atoms with Crippen molar-refractivity contribution in [2.75, 3.05) is 14.2 Å². The Hall–Kier alpha value is -3.40. The zero-order valence-electron chi connectivity index (χ0n) is 18.2. The van der Waals surface area contributed by atoms with E-state index in [1.165, 1.54) is 6.21 Å². The number of halogens is 1. The summed E-state index contributed by atoms with van der Waals surface area (Å²) >= 11 is 2.14. The molecule has 0 aliphatic carbocycles. The van der Waals surface area contributed by atoms with Crippen LogP contribution >= 0.6 is 22.6 Å². The zero-order valence-corrected chi connectivity index (χ0v) is 20.4. The van der Waals surface area contributed by atoms with Gasteiger partial charge >= 0.3 is 0 Å². The smallest absolute Gasteiger partial charge is 0.251 e. The van der Waals surface area contributed by atoms with Gasteiger partial charge in [0.1, 0.15) is 0 Å². The monoisotopic (exact) mass is 557 g/mol. The molecular formula is C25H24IN3O4. The van der Waals surface area contributed by atoms with Crippen molar-refractivity contribution in [1.82, 2.24) is 10.7 Å². The van der Waals surface area contributed by atoms with E-state index < -0.39 is 6.04 Å². The summed E-state index contributed by atoms with van der Waals surface area (Å²) in [7, 11) is 3.14. The predicted octanol–water partition coefficient (Wildman–Crippen LogP) is 4.32. The Bertz CT molecular complexity index is 1120. The molecule has 3 rings (SSSR count). The lowest BCUT2D eigenvalue weighted by Gasteiger charge is -2.18. The van der Waals surface area contributed by atoms with E-state index in [1.54, 1.807) is 44.6 Å². The zero-order chi connectivity index (χ0) is 23.6. The van der Waals surface area contributed by atoms with Gasteiger partial charge in [0.25, 0.3) is 5.91 Å². The van der Waals surface area contributed by atoms with Gasteiger partial charge in [-0.05, 0) is 58.0 Å². The highest BCUT2D eigenvalue weighted by molar-refractivity contribution is 14.1. The number of nitrogens with one attached hydrogen (secondary N) is 2. The number of amides is 2. The van der Waals surface area contributed by atoms with Crippen molar-refractivity contribution in [3.8, 4) is 11.5 Å². The first-order valence-corrected chi connectivity index (χ1v) is 11.2. The molecule has 7 nitrogen and oxygen atoms in total. The van der Waals surface area contributed by atoms with Gasteiger partial charge in [0.15, 0.2) is 11.5 Å². The van der Waals surface area contributed by atoms with Gasteiger partial charge in [0.2, 0.25) is 5.91 Å². The molecule has 33 heavy (non-hydrogen) atoms. The molecule has 0 aromatic heterocycles. The summed E-state index contributed by atoms with van der Waals surface area (Å²) in [5.41, 5.74) is 4.64. The molecule has 0 spiro atoms. The number of nitrogens with zero attached hydrogens (tertiary/aromatic N) is 1. The van der Waals surface area contributed by atoms with E-state index in [9.17, 15) is 9.59 Å². The minimum Gasteiger partial charge on any atom is -0.493 e. The summed E-state index contributed by atoms with van der Waals surface area (Å²) in [6.45, 7) is 0. The first-order chi connectivity index (χ1) is 16.0. The summed E-state index contributed by atoms with van der Waals surface area (Å²) in [6, 6.07) is 21.4. The standard InChI is InChI=1S/C25H24IN3O4/c1-32-22-14-17(13-20(26)24(22)33-2)16-27-29-23(30)15-21(18-9-5-3-6-10-18)28-25(31)19-11-7-4-8-12-19/h3-14,16,21H,15H2,1-2H3,(H,28,31)(H,29,30)/b27-16-/t21-/m1/s1. The van der Waals surface area contributed by atoms with Crippen LogP contribution in [0.4, 0.5) is 0 Å². The summed E-state index contributed by atoms with van der Waals surface area (Å²) < 4.78 is 11.5. The molecule has 1 atom stereocenters. The van der Waals surface area contributed by atoms with Crippen molar-refractivity contribution in [2.24, 2.45) is 5.10 Å². The van der Waals surface area contributed by atoms with E-state index in [-0.39, 0.29) is 18.2 Å². The van der Waals surface area contributed by atoms with E-state index in [1.807, 2.05) is 42.5 Å². The minimum atomic E-state index is -0.504. The van der Waals surface area contributed by atoms with Crippen molar-refractivity contribution in [3.63, 3.8) is 0 Å². The van der Waals surface area contributed by atoms with Gasteiger partial charge in [0.05, 0.1) is 36.5 Å². The van der Waals surface area contributed by atoms with Crippen LogP contribution in [-0.4, -0.2) is 32.2 Å². The lowest BCUT2D eigenvalue weighted by Crippen LogP contribution is -2.32. The van der Waals surface area contributed by atoms with Crippen molar-refractivity contribution in [3.05, 3.63) is 93.1 Å². The number of ether oxygens (including phenoxy) is 2. The van der Waals surface area contributed by atoms with E-state index in [0.29, 0.717) is 17.1 Å². The third-order valence-corrected chi connectivity index (χ3v) is 5.59. The lowest BCUT2D eigenvalue weighted by atomic mass is 10.0. The molecule has 0 saturated carbocycles. The maximum atomic E-state index is 12.7. The van der Waals surface area contributed by atoms with E-state index in [2.05, 4.69) is 38.4 Å². The number of rotatable bonds is 9. The molecule has 3 aromatic rings. The molecule has 0 saturated heterocycles. The van der Waals surface area contributed by atoms with Crippen LogP contribution in [0.2, 0.25) is 0 Å². The highest BCUT2D eigenvalue weighted by Gasteiger charge is 2.19. The predicted molar refractivity (Wildman–Crippen MR) is 136 cm³/mol. The lowest BCUT2D eigenvalue weighted by molar-refractivity contribution is -0.121. The first kappa shape index (κ1) is 24.2. The summed E-state index contributed by atoms with van der Waals surface area (Å²) in [5.74, 6) is 0.633. The number of methoxy groups -OCH3 is 2. The van der Waals surface area contributed by atoms with Gasteiger partial charge in [-0.3, -0.25) is 9.59 Å². The summed E-state index contributed by atoms with van der Waals surface area (Å²) in [5, 5.41) is 7.00. The van der Waals surface area contributed by atoms with Gasteiger partial charge in [-0.25, -0.2) is 5.43 Å². The number of benzene rings is 3. The fourth-order valence-electron chi connectivity index (χ4n) is 3.19. The quantitative estimate of drug-likeness (QED) is 0.233. The number of hydrogen-bond donors (Lipinski definition) is 2. The second-order valence-corrected chi connectivity index (χ2v) is 8.20. The van der Waals surface area contributed by atoms with Crippen LogP contribution in [0.1, 0.15) is 33.9 Å². The molecule has 0 aliphatic heterocycles. The maximum absolute atomic E-state index is 12.7. The Morgan fingerprint density at radius 2 is 1.67 bits per heavy atom. The van der Waals surface area contributed by atoms with Crippen LogP contribution in [0.15, 0.2) is 77.9 Å². The Labute approximate surface area is 206 Å². The van der Waals surface area contributed by atoms with Gasteiger partial charge < -0.3 is 14.8 Å². The average molecular weight is 557 g/mol. The molecular weight excluding hydrogens is 533 g/mol. The summed E-state index contributed by atoms with van der Waals surface area (Å²) in [4.78, 5) is 25.3. The Balaban J connectivity index is 1.68. The molecule has 0 heterocycles. The number of hydrogen-bond acceptors (Lipinski definition) is 5. The minimum absolute atomic E-state index is 0.0311. The SMILES string of the molecule is COc1cc(/C=N\NC(=O)C[C@@H](NC(=O)c2ccccc2)c2ccccc2)cc(I)c1OC. The molecule has 2 amide bonds. The van der Waals surface area contributed by atoms with Crippen LogP contribution in [0, 0.1) is 3.57 Å². The van der Waals surface area contributed by atoms with Crippen LogP contribution in [0.25, 0.3) is 0 Å². The van der Waals surface area contributed by atoms with Crippen LogP contribution in [0.3, 0.4) is 0 Å². The molecule has 8 heteroatoms. The fraction of sp³-hybridized carbons (Fsp3) is 0.160. The highest BCUT2D eigenvalue weighted by atomic mass is 127. The Kier molecular flexibility index (Phi) is 8.82. The third-order valence-electron chi connectivity index (χ3n) is 4.79. The van der Waals surface area contributed by atoms with Crippen molar-refractivity contribution < 1.29 is 19.1 Å². The molecule has 3 aromatic carbocycles. The van der Waals surface area contributed by atoms with Crippen LogP contribution in [0.5, 0.6) is 11.5 Å². The first-order valence-electron chi connectivity index (χ1n) is 10.2. The highest BCUT2D eigenvalue weighted by Crippen LogP contribution is 2.33.